The Morgan fingerprint density at radius 1 is 1.41 bits per heavy atom. The molecule has 0 aromatic carbocycles. The van der Waals surface area contributed by atoms with Crippen molar-refractivity contribution in [2.75, 3.05) is 25.5 Å². The van der Waals surface area contributed by atoms with E-state index in [0.717, 1.165) is 19.4 Å². The lowest BCUT2D eigenvalue weighted by atomic mass is 10.3. The highest BCUT2D eigenvalue weighted by Crippen LogP contribution is 1.96. The summed E-state index contributed by atoms with van der Waals surface area (Å²) in [6, 6.07) is 3.09. The molecule has 6 nitrogen and oxygen atoms in total. The van der Waals surface area contributed by atoms with Gasteiger partial charge in [-0.2, -0.15) is 0 Å². The Labute approximate surface area is 101 Å². The maximum absolute atomic E-state index is 11.5. The molecular weight excluding hydrogens is 220 g/mol. The van der Waals surface area contributed by atoms with Crippen LogP contribution in [0.3, 0.4) is 0 Å². The van der Waals surface area contributed by atoms with E-state index in [1.807, 2.05) is 0 Å². The second-order valence-electron chi connectivity index (χ2n) is 3.57. The van der Waals surface area contributed by atoms with Crippen molar-refractivity contribution in [3.63, 3.8) is 0 Å². The van der Waals surface area contributed by atoms with Crippen LogP contribution in [0.25, 0.3) is 0 Å². The quantitative estimate of drug-likeness (QED) is 0.679. The molecular formula is C11H18N4O2. The molecule has 0 saturated heterocycles. The first-order chi connectivity index (χ1) is 8.24. The van der Waals surface area contributed by atoms with Gasteiger partial charge in [-0.15, -0.1) is 10.2 Å². The van der Waals surface area contributed by atoms with Crippen LogP contribution >= 0.6 is 0 Å². The summed E-state index contributed by atoms with van der Waals surface area (Å²) < 4.78 is 5.29. The first kappa shape index (κ1) is 13.4. The van der Waals surface area contributed by atoms with Crippen LogP contribution in [0.1, 0.15) is 30.3 Å². The Balaban J connectivity index is 2.19. The highest BCUT2D eigenvalue weighted by Gasteiger charge is 2.06. The normalized spacial score (nSPS) is 10.2. The molecule has 17 heavy (non-hydrogen) atoms. The number of nitrogens with two attached hydrogens (primary N) is 1. The second-order valence-corrected chi connectivity index (χ2v) is 3.57. The average Bonchev–Trinajstić information content (AvgIpc) is 2.34. The smallest absolute Gasteiger partial charge is 0.271 e. The first-order valence-corrected chi connectivity index (χ1v) is 5.69. The zero-order valence-electron chi connectivity index (χ0n) is 9.98. The van der Waals surface area contributed by atoms with Crippen molar-refractivity contribution in [2.24, 2.45) is 0 Å². The molecule has 0 unspecified atom stereocenters. The van der Waals surface area contributed by atoms with E-state index in [9.17, 15) is 4.79 Å². The lowest BCUT2D eigenvalue weighted by Gasteiger charge is -2.04. The third-order valence-electron chi connectivity index (χ3n) is 2.02. The van der Waals surface area contributed by atoms with Gasteiger partial charge in [0, 0.05) is 19.8 Å². The minimum absolute atomic E-state index is 0.243. The topological polar surface area (TPSA) is 90.1 Å². The van der Waals surface area contributed by atoms with Gasteiger partial charge in [-0.05, 0) is 25.0 Å². The van der Waals surface area contributed by atoms with Crippen LogP contribution in [0.5, 0.6) is 0 Å². The van der Waals surface area contributed by atoms with Gasteiger partial charge in [-0.1, -0.05) is 6.92 Å². The molecule has 1 heterocycles. The van der Waals surface area contributed by atoms with Crippen molar-refractivity contribution >= 4 is 11.7 Å². The van der Waals surface area contributed by atoms with Crippen molar-refractivity contribution in [1.29, 1.82) is 0 Å². The van der Waals surface area contributed by atoms with E-state index in [4.69, 9.17) is 10.5 Å². The van der Waals surface area contributed by atoms with Crippen LogP contribution < -0.4 is 11.1 Å². The van der Waals surface area contributed by atoms with Gasteiger partial charge in [0.15, 0.2) is 5.69 Å². The van der Waals surface area contributed by atoms with E-state index in [0.29, 0.717) is 19.0 Å². The van der Waals surface area contributed by atoms with Gasteiger partial charge >= 0.3 is 0 Å². The number of nitrogens with zero attached hydrogens (tertiary/aromatic N) is 2. The molecule has 0 spiro atoms. The van der Waals surface area contributed by atoms with Crippen LogP contribution in [0.15, 0.2) is 12.1 Å². The lowest BCUT2D eigenvalue weighted by molar-refractivity contribution is 0.0935. The molecule has 1 aromatic heterocycles. The molecule has 6 heteroatoms. The van der Waals surface area contributed by atoms with E-state index >= 15 is 0 Å². The Bertz CT molecular complexity index is 340. The highest BCUT2D eigenvalue weighted by molar-refractivity contribution is 5.92. The van der Waals surface area contributed by atoms with E-state index in [1.165, 1.54) is 0 Å². The summed E-state index contributed by atoms with van der Waals surface area (Å²) in [5.41, 5.74) is 5.65. The Kier molecular flexibility index (Phi) is 5.95. The maximum atomic E-state index is 11.5. The summed E-state index contributed by atoms with van der Waals surface area (Å²) in [6.45, 7) is 4.04. The van der Waals surface area contributed by atoms with Crippen molar-refractivity contribution < 1.29 is 9.53 Å². The number of anilines is 1. The Morgan fingerprint density at radius 3 is 2.88 bits per heavy atom. The van der Waals surface area contributed by atoms with Crippen molar-refractivity contribution in [3.05, 3.63) is 17.8 Å². The summed E-state index contributed by atoms with van der Waals surface area (Å²) in [7, 11) is 0. The molecule has 94 valence electrons. The molecule has 0 bridgehead atoms. The molecule has 0 atom stereocenters. The molecule has 1 rings (SSSR count). The number of aromatic nitrogens is 2. The molecule has 3 N–H and O–H groups in total. The molecule has 1 aromatic rings. The van der Waals surface area contributed by atoms with Crippen LogP contribution in [-0.2, 0) is 4.74 Å². The number of nitrogen functional groups attached to an aromatic ring is 1. The summed E-state index contributed by atoms with van der Waals surface area (Å²) in [5, 5.41) is 10.0. The van der Waals surface area contributed by atoms with Crippen LogP contribution in [0, 0.1) is 0 Å². The number of hydrogen-bond acceptors (Lipinski definition) is 5. The minimum atomic E-state index is -0.243. The van der Waals surface area contributed by atoms with Gasteiger partial charge in [-0.25, -0.2) is 0 Å². The number of amides is 1. The standard InChI is InChI=1S/C11H18N4O2/c1-2-7-17-8-3-6-13-11(16)9-4-5-10(12)15-14-9/h4-5H,2-3,6-8H2,1H3,(H2,12,15)(H,13,16). The van der Waals surface area contributed by atoms with Crippen LogP contribution in [-0.4, -0.2) is 35.9 Å². The number of rotatable bonds is 7. The third kappa shape index (κ3) is 5.26. The number of ether oxygens (including phenoxy) is 1. The van der Waals surface area contributed by atoms with E-state index in [2.05, 4.69) is 22.4 Å². The summed E-state index contributed by atoms with van der Waals surface area (Å²) in [5.74, 6) is 0.0579. The van der Waals surface area contributed by atoms with Gasteiger partial charge < -0.3 is 15.8 Å². The highest BCUT2D eigenvalue weighted by atomic mass is 16.5. The SMILES string of the molecule is CCCOCCCNC(=O)c1ccc(N)nn1. The molecule has 0 radical (unpaired) electrons. The lowest BCUT2D eigenvalue weighted by Crippen LogP contribution is -2.26. The van der Waals surface area contributed by atoms with Crippen LogP contribution in [0.2, 0.25) is 0 Å². The fourth-order valence-corrected chi connectivity index (χ4v) is 1.18. The fourth-order valence-electron chi connectivity index (χ4n) is 1.18. The number of nitrogens with one attached hydrogen (secondary N) is 1. The zero-order chi connectivity index (χ0) is 12.5. The summed E-state index contributed by atoms with van der Waals surface area (Å²) in [4.78, 5) is 11.5. The maximum Gasteiger partial charge on any atom is 0.271 e. The van der Waals surface area contributed by atoms with Crippen molar-refractivity contribution in [1.82, 2.24) is 15.5 Å². The van der Waals surface area contributed by atoms with Crippen molar-refractivity contribution in [3.8, 4) is 0 Å². The zero-order valence-corrected chi connectivity index (χ0v) is 9.98. The number of carbonyl (C=O) groups excluding carboxylic acids is 1. The Morgan fingerprint density at radius 2 is 2.24 bits per heavy atom. The number of carbonyl (C=O) groups is 1. The summed E-state index contributed by atoms with van der Waals surface area (Å²) in [6.07, 6.45) is 1.79. The predicted octanol–water partition coefficient (Wildman–Crippen LogP) is 0.605. The van der Waals surface area contributed by atoms with Gasteiger partial charge in [0.1, 0.15) is 5.82 Å². The average molecular weight is 238 g/mol. The minimum Gasteiger partial charge on any atom is -0.382 e. The largest absolute Gasteiger partial charge is 0.382 e. The van der Waals surface area contributed by atoms with E-state index in [1.54, 1.807) is 12.1 Å². The van der Waals surface area contributed by atoms with E-state index in [-0.39, 0.29) is 11.6 Å². The molecule has 0 aliphatic heterocycles. The molecule has 0 saturated carbocycles. The predicted molar refractivity (Wildman–Crippen MR) is 64.5 cm³/mol. The fraction of sp³-hybridized carbons (Fsp3) is 0.545. The summed E-state index contributed by atoms with van der Waals surface area (Å²) >= 11 is 0. The molecule has 0 fully saturated rings. The molecule has 0 aliphatic rings. The van der Waals surface area contributed by atoms with Gasteiger partial charge in [0.25, 0.3) is 5.91 Å². The second kappa shape index (κ2) is 7.56. The monoisotopic (exact) mass is 238 g/mol. The molecule has 1 amide bonds. The van der Waals surface area contributed by atoms with Crippen molar-refractivity contribution in [2.45, 2.75) is 19.8 Å². The van der Waals surface area contributed by atoms with Gasteiger partial charge in [-0.3, -0.25) is 4.79 Å². The molecule has 0 aliphatic carbocycles. The van der Waals surface area contributed by atoms with Gasteiger partial charge in [0.05, 0.1) is 0 Å². The Hall–Kier alpha value is -1.69. The number of hydrogen-bond donors (Lipinski definition) is 2. The van der Waals surface area contributed by atoms with Crippen LogP contribution in [0.4, 0.5) is 5.82 Å². The van der Waals surface area contributed by atoms with Gasteiger partial charge in [0.2, 0.25) is 0 Å². The van der Waals surface area contributed by atoms with E-state index < -0.39 is 0 Å². The first-order valence-electron chi connectivity index (χ1n) is 5.69. The third-order valence-corrected chi connectivity index (χ3v) is 2.02.